The number of pyridine rings is 2. The Balaban J connectivity index is 0.000000198. The van der Waals surface area contributed by atoms with Crippen molar-refractivity contribution < 1.29 is 21.5 Å². The first-order chi connectivity index (χ1) is 23.0. The molecule has 0 N–H and O–H groups in total. The van der Waals surface area contributed by atoms with Crippen LogP contribution in [0.1, 0.15) is 32.2 Å². The van der Waals surface area contributed by atoms with Gasteiger partial charge in [-0.3, -0.25) is 0 Å². The van der Waals surface area contributed by atoms with Crippen LogP contribution in [0.5, 0.6) is 0 Å². The predicted octanol–water partition coefficient (Wildman–Crippen LogP) is 11.7. The van der Waals surface area contributed by atoms with Crippen LogP contribution in [0.25, 0.3) is 64.2 Å². The number of benzene rings is 5. The van der Waals surface area contributed by atoms with E-state index in [4.69, 9.17) is 1.37 Å². The molecule has 0 bridgehead atoms. The number of fused-ring (bicyclic) bond motifs is 8. The molecule has 0 aliphatic rings. The molecular formula is C43H38GeIrN2S-2. The molecular weight excluding hydrogens is 841 g/mol. The molecule has 241 valence electrons. The number of hydrogen-bond donors (Lipinski definition) is 0. The molecule has 1 radical (unpaired) electrons. The van der Waals surface area contributed by atoms with Crippen molar-refractivity contribution in [1.82, 2.24) is 9.97 Å². The predicted molar refractivity (Wildman–Crippen MR) is 207 cm³/mol. The number of hydrogen-bond acceptors (Lipinski definition) is 3. The van der Waals surface area contributed by atoms with Crippen molar-refractivity contribution in [3.8, 4) is 22.5 Å². The van der Waals surface area contributed by atoms with Gasteiger partial charge in [-0.25, -0.2) is 0 Å². The van der Waals surface area contributed by atoms with Crippen LogP contribution in [0, 0.1) is 19.1 Å². The van der Waals surface area contributed by atoms with Crippen molar-refractivity contribution in [3.05, 3.63) is 139 Å². The van der Waals surface area contributed by atoms with Gasteiger partial charge in [-0.1, -0.05) is 79.4 Å². The zero-order valence-electron chi connectivity index (χ0n) is 29.1. The molecule has 0 amide bonds. The third-order valence-corrected chi connectivity index (χ3v) is 14.6. The molecule has 0 aliphatic carbocycles. The van der Waals surface area contributed by atoms with Gasteiger partial charge in [-0.05, 0) is 49.3 Å². The summed E-state index contributed by atoms with van der Waals surface area (Å²) < 4.78 is 12.4. The Morgan fingerprint density at radius 3 is 2.06 bits per heavy atom. The average Bonchev–Trinajstić information content (AvgIpc) is 3.49. The largest absolute Gasteiger partial charge is 0.305 e. The number of aryl methyl sites for hydroxylation is 1. The molecule has 5 heteroatoms. The quantitative estimate of drug-likeness (QED) is 0.1000. The number of nitrogens with zero attached hydrogens (tertiary/aromatic N) is 2. The first-order valence-corrected chi connectivity index (χ1v) is 24.2. The van der Waals surface area contributed by atoms with Gasteiger partial charge in [-0.2, -0.15) is 11.3 Å². The van der Waals surface area contributed by atoms with Crippen LogP contribution >= 0.6 is 11.3 Å². The van der Waals surface area contributed by atoms with Crippen LogP contribution in [-0.2, 0) is 20.1 Å². The van der Waals surface area contributed by atoms with Gasteiger partial charge >= 0.3 is 106 Å². The van der Waals surface area contributed by atoms with E-state index in [1.165, 1.54) is 51.7 Å². The Kier molecular flexibility index (Phi) is 9.62. The average molecular weight is 881 g/mol. The molecule has 0 aliphatic heterocycles. The van der Waals surface area contributed by atoms with Crippen LogP contribution in [0.3, 0.4) is 0 Å². The van der Waals surface area contributed by atoms with Crippen LogP contribution in [0.4, 0.5) is 0 Å². The van der Waals surface area contributed by atoms with Gasteiger partial charge in [0.15, 0.2) is 0 Å². The molecule has 0 saturated carbocycles. The first kappa shape index (κ1) is 32.9. The molecule has 0 unspecified atom stereocenters. The van der Waals surface area contributed by atoms with E-state index in [2.05, 4.69) is 119 Å². The topological polar surface area (TPSA) is 25.8 Å². The van der Waals surface area contributed by atoms with E-state index in [1.54, 1.807) is 0 Å². The van der Waals surface area contributed by atoms with E-state index >= 15 is 0 Å². The van der Waals surface area contributed by atoms with Gasteiger partial charge in [0.1, 0.15) is 0 Å². The summed E-state index contributed by atoms with van der Waals surface area (Å²) in [4.78, 5) is 9.25. The summed E-state index contributed by atoms with van der Waals surface area (Å²) in [6.45, 7) is 6.02. The monoisotopic (exact) mass is 882 g/mol. The minimum absolute atomic E-state index is 0. The number of rotatable bonds is 4. The SMILES string of the molecule is Cc1cc(-c2[c-]cccc2)nc[c]1[Ge]([CH3])([CH3])[CH3].[2H]C(C)(C)c1ccnc(-c2[c-]ccc3c2sc2c4ccccc4c4ccccc4c32)c1.[Ir]. The van der Waals surface area contributed by atoms with Crippen molar-refractivity contribution in [1.29, 1.82) is 0 Å². The third kappa shape index (κ3) is 6.52. The molecule has 2 nitrogen and oxygen atoms in total. The van der Waals surface area contributed by atoms with E-state index in [-0.39, 0.29) is 20.1 Å². The van der Waals surface area contributed by atoms with E-state index in [0.29, 0.717) is 0 Å². The Bertz CT molecular complexity index is 2440. The van der Waals surface area contributed by atoms with E-state index in [9.17, 15) is 0 Å². The maximum Gasteiger partial charge on any atom is 0.0346 e. The summed E-state index contributed by atoms with van der Waals surface area (Å²) in [5.41, 5.74) is 6.32. The van der Waals surface area contributed by atoms with Gasteiger partial charge in [0.05, 0.1) is 0 Å². The van der Waals surface area contributed by atoms with Gasteiger partial charge in [0.25, 0.3) is 0 Å². The molecule has 5 aromatic carbocycles. The smallest absolute Gasteiger partial charge is 0.0346 e. The summed E-state index contributed by atoms with van der Waals surface area (Å²) in [7, 11) is 0. The second-order valence-corrected chi connectivity index (χ2v) is 24.9. The van der Waals surface area contributed by atoms with Crippen molar-refractivity contribution >= 4 is 70.7 Å². The number of aromatic nitrogens is 2. The molecule has 0 saturated heterocycles. The normalized spacial score (nSPS) is 12.1. The molecule has 0 spiro atoms. The molecule has 8 aromatic rings. The second kappa shape index (κ2) is 14.1. The van der Waals surface area contributed by atoms with Crippen molar-refractivity contribution in [2.75, 3.05) is 0 Å². The van der Waals surface area contributed by atoms with Crippen LogP contribution in [-0.4, -0.2) is 23.2 Å². The van der Waals surface area contributed by atoms with Crippen molar-refractivity contribution in [3.63, 3.8) is 0 Å². The van der Waals surface area contributed by atoms with Crippen LogP contribution < -0.4 is 4.40 Å². The van der Waals surface area contributed by atoms with Crippen LogP contribution in [0.2, 0.25) is 17.3 Å². The van der Waals surface area contributed by atoms with Gasteiger partial charge < -0.3 is 4.98 Å². The maximum absolute atomic E-state index is 8.43. The minimum Gasteiger partial charge on any atom is -0.305 e. The Labute approximate surface area is 305 Å². The van der Waals surface area contributed by atoms with Crippen LogP contribution in [0.15, 0.2) is 116 Å². The Morgan fingerprint density at radius 1 is 0.708 bits per heavy atom. The Hall–Kier alpha value is -3.67. The van der Waals surface area contributed by atoms with Gasteiger partial charge in [0, 0.05) is 32.4 Å². The molecule has 48 heavy (non-hydrogen) atoms. The minimum atomic E-state index is -1.77. The van der Waals surface area contributed by atoms with E-state index in [0.717, 1.165) is 28.1 Å². The molecule has 3 heterocycles. The van der Waals surface area contributed by atoms with E-state index < -0.39 is 19.2 Å². The molecule has 8 rings (SSSR count). The summed E-state index contributed by atoms with van der Waals surface area (Å²) in [6, 6.07) is 42.4. The molecule has 0 fully saturated rings. The van der Waals surface area contributed by atoms with E-state index in [1.807, 2.05) is 67.8 Å². The summed E-state index contributed by atoms with van der Waals surface area (Å²) in [5, 5.41) is 7.70. The standard InChI is InChI=1S/C28H20NS.C15H18GeN.Ir/c1-17(2)18-14-15-29-25(16-18)23-12-7-13-24-26-21-10-5-3-8-19(21)20-9-4-6-11-22(20)28(26)30-27(23)24;1-12-10-15(13-8-6-5-7-9-13)17-11-14(12)16(2,3)4;/h3-11,13-17H,1-2H3;5-8,10-11H,1-4H3;/q2*-1;/i17D;;. The third-order valence-electron chi connectivity index (χ3n) is 8.81. The first-order valence-electron chi connectivity index (χ1n) is 16.6. The number of thiophene rings is 1. The van der Waals surface area contributed by atoms with Gasteiger partial charge in [-0.15, -0.1) is 23.8 Å². The fraction of sp³-hybridized carbons (Fsp3) is 0.163. The second-order valence-electron chi connectivity index (χ2n) is 13.3. The van der Waals surface area contributed by atoms with Gasteiger partial charge in [0.2, 0.25) is 0 Å². The van der Waals surface area contributed by atoms with Crippen molar-refractivity contribution in [2.45, 2.75) is 43.9 Å². The zero-order chi connectivity index (χ0) is 33.6. The maximum atomic E-state index is 8.43. The molecule has 3 aromatic heterocycles. The molecule has 0 atom stereocenters. The Morgan fingerprint density at radius 2 is 1.40 bits per heavy atom. The fourth-order valence-electron chi connectivity index (χ4n) is 6.48. The summed E-state index contributed by atoms with van der Waals surface area (Å²) >= 11 is 0.0501. The summed E-state index contributed by atoms with van der Waals surface area (Å²) in [5.74, 6) is 6.53. The summed E-state index contributed by atoms with van der Waals surface area (Å²) in [6.07, 6.45) is 3.89. The van der Waals surface area contributed by atoms with Crippen molar-refractivity contribution in [2.24, 2.45) is 0 Å². The zero-order valence-corrected chi connectivity index (χ0v) is 33.4. The fourth-order valence-corrected chi connectivity index (χ4v) is 11.4.